The van der Waals surface area contributed by atoms with Crippen molar-refractivity contribution in [3.05, 3.63) is 70.2 Å². The normalized spacial score (nSPS) is 10.8. The van der Waals surface area contributed by atoms with Crippen molar-refractivity contribution in [2.45, 2.75) is 0 Å². The number of hydrogen-bond donors (Lipinski definition) is 1. The van der Waals surface area contributed by atoms with Gasteiger partial charge in [0.2, 0.25) is 0 Å². The fraction of sp³-hybridized carbons (Fsp3) is 0.100. The largest absolute Gasteiger partial charge is 0.496 e. The van der Waals surface area contributed by atoms with Gasteiger partial charge in [-0.3, -0.25) is 4.79 Å². The number of amides is 1. The third-order valence-electron chi connectivity index (χ3n) is 3.83. The van der Waals surface area contributed by atoms with Crippen LogP contribution in [0.5, 0.6) is 5.75 Å². The molecule has 1 amide bonds. The number of aromatic nitrogens is 3. The molecule has 0 unspecified atom stereocenters. The van der Waals surface area contributed by atoms with Gasteiger partial charge in [0.1, 0.15) is 18.4 Å². The van der Waals surface area contributed by atoms with Gasteiger partial charge in [-0.05, 0) is 42.5 Å². The number of nitrogens with one attached hydrogen (secondary N) is 1. The number of nitrogens with zero attached hydrogens (tertiary/aromatic N) is 3. The molecule has 0 saturated heterocycles. The van der Waals surface area contributed by atoms with Gasteiger partial charge in [0.15, 0.2) is 6.61 Å². The number of benzene rings is 2. The van der Waals surface area contributed by atoms with Crippen molar-refractivity contribution >= 4 is 51.2 Å². The molecule has 0 bridgehead atoms. The van der Waals surface area contributed by atoms with Crippen LogP contribution in [0.25, 0.3) is 11.8 Å². The molecule has 0 radical (unpaired) electrons. The van der Waals surface area contributed by atoms with E-state index >= 15 is 0 Å². The van der Waals surface area contributed by atoms with Gasteiger partial charge in [-0.25, -0.2) is 14.5 Å². The minimum Gasteiger partial charge on any atom is -0.496 e. The molecule has 0 saturated carbocycles. The summed E-state index contributed by atoms with van der Waals surface area (Å²) in [6.45, 7) is -0.470. The molecule has 10 heteroatoms. The average molecular weight is 492 g/mol. The maximum atomic E-state index is 12.2. The van der Waals surface area contributed by atoms with Crippen molar-refractivity contribution in [1.29, 1.82) is 0 Å². The lowest BCUT2D eigenvalue weighted by molar-refractivity contribution is -0.142. The van der Waals surface area contributed by atoms with Gasteiger partial charge < -0.3 is 14.8 Å². The molecule has 2 aromatic carbocycles. The first-order valence-corrected chi connectivity index (χ1v) is 9.76. The van der Waals surface area contributed by atoms with Gasteiger partial charge in [-0.15, -0.1) is 0 Å². The predicted octanol–water partition coefficient (Wildman–Crippen LogP) is 3.89. The van der Waals surface area contributed by atoms with Crippen LogP contribution in [0.2, 0.25) is 5.02 Å². The highest BCUT2D eigenvalue weighted by atomic mass is 79.9. The monoisotopic (exact) mass is 490 g/mol. The summed E-state index contributed by atoms with van der Waals surface area (Å²) in [5.74, 6) is -0.600. The van der Waals surface area contributed by atoms with E-state index in [9.17, 15) is 9.59 Å². The average Bonchev–Trinajstić information content (AvgIpc) is 3.25. The molecule has 1 aromatic heterocycles. The van der Waals surface area contributed by atoms with Crippen molar-refractivity contribution in [1.82, 2.24) is 14.8 Å². The number of rotatable bonds is 7. The van der Waals surface area contributed by atoms with Crippen LogP contribution >= 0.6 is 27.5 Å². The van der Waals surface area contributed by atoms with Gasteiger partial charge in [0.05, 0.1) is 18.5 Å². The van der Waals surface area contributed by atoms with Crippen molar-refractivity contribution < 1.29 is 19.1 Å². The number of anilines is 1. The number of esters is 1. The lowest BCUT2D eigenvalue weighted by atomic mass is 10.2. The number of halogens is 2. The second kappa shape index (κ2) is 10.0. The number of carbonyl (C=O) groups excluding carboxylic acids is 2. The summed E-state index contributed by atoms with van der Waals surface area (Å²) in [5.41, 5.74) is 1.66. The Balaban J connectivity index is 1.61. The number of carbonyl (C=O) groups is 2. The summed E-state index contributed by atoms with van der Waals surface area (Å²) in [5, 5.41) is 7.12. The second-order valence-corrected chi connectivity index (χ2v) is 7.23. The van der Waals surface area contributed by atoms with Gasteiger partial charge >= 0.3 is 5.97 Å². The zero-order valence-electron chi connectivity index (χ0n) is 15.7. The topological polar surface area (TPSA) is 95.3 Å². The number of ether oxygens (including phenoxy) is 2. The first-order chi connectivity index (χ1) is 14.5. The van der Waals surface area contributed by atoms with Crippen LogP contribution in [0.3, 0.4) is 0 Å². The molecule has 0 aliphatic heterocycles. The molecular formula is C20H16BrClN4O4. The molecular weight excluding hydrogens is 476 g/mol. The van der Waals surface area contributed by atoms with Crippen LogP contribution in [0.15, 0.2) is 59.6 Å². The maximum Gasteiger partial charge on any atom is 0.331 e. The fourth-order valence-corrected chi connectivity index (χ4v) is 3.06. The molecule has 154 valence electrons. The summed E-state index contributed by atoms with van der Waals surface area (Å²) in [6, 6.07) is 10.3. The lowest BCUT2D eigenvalue weighted by Gasteiger charge is -2.11. The van der Waals surface area contributed by atoms with Crippen molar-refractivity contribution in [3.63, 3.8) is 0 Å². The highest BCUT2D eigenvalue weighted by Crippen LogP contribution is 2.25. The van der Waals surface area contributed by atoms with E-state index < -0.39 is 18.5 Å². The Labute approximate surface area is 185 Å². The highest BCUT2D eigenvalue weighted by molar-refractivity contribution is 9.10. The third-order valence-corrected chi connectivity index (χ3v) is 4.56. The molecule has 8 nitrogen and oxygen atoms in total. The molecule has 0 aliphatic carbocycles. The van der Waals surface area contributed by atoms with E-state index in [4.69, 9.17) is 21.1 Å². The van der Waals surface area contributed by atoms with Crippen LogP contribution in [0, 0.1) is 0 Å². The van der Waals surface area contributed by atoms with Gasteiger partial charge in [-0.1, -0.05) is 27.5 Å². The summed E-state index contributed by atoms with van der Waals surface area (Å²) in [6.07, 6.45) is 5.62. The van der Waals surface area contributed by atoms with Crippen molar-refractivity contribution in [2.75, 3.05) is 19.0 Å². The highest BCUT2D eigenvalue weighted by Gasteiger charge is 2.12. The van der Waals surface area contributed by atoms with Gasteiger partial charge in [0.25, 0.3) is 5.91 Å². The molecule has 1 heterocycles. The van der Waals surface area contributed by atoms with Gasteiger partial charge in [-0.2, -0.15) is 5.10 Å². The molecule has 0 spiro atoms. The first-order valence-electron chi connectivity index (χ1n) is 8.59. The van der Waals surface area contributed by atoms with E-state index in [1.807, 2.05) is 6.07 Å². The van der Waals surface area contributed by atoms with E-state index in [0.717, 1.165) is 4.47 Å². The standard InChI is InChI=1S/C20H16BrClN4O4/c1-29-18-6-3-14(21)8-13(18)2-7-20(28)30-10-19(27)25-16-9-15(22)4-5-17(16)26-12-23-11-24-26/h2-9,11-12H,10H2,1H3,(H,25,27)/b7-2+. The smallest absolute Gasteiger partial charge is 0.331 e. The predicted molar refractivity (Wildman–Crippen MR) is 116 cm³/mol. The van der Waals surface area contributed by atoms with Crippen LogP contribution in [-0.4, -0.2) is 40.4 Å². The fourth-order valence-electron chi connectivity index (χ4n) is 2.51. The van der Waals surface area contributed by atoms with Crippen LogP contribution in [-0.2, 0) is 14.3 Å². The summed E-state index contributed by atoms with van der Waals surface area (Å²) in [4.78, 5) is 28.1. The zero-order valence-corrected chi connectivity index (χ0v) is 18.1. The molecule has 0 atom stereocenters. The number of hydrogen-bond acceptors (Lipinski definition) is 6. The minimum absolute atomic E-state index is 0.406. The Bertz CT molecular complexity index is 1090. The SMILES string of the molecule is COc1ccc(Br)cc1/C=C/C(=O)OCC(=O)Nc1cc(Cl)ccc1-n1cncn1. The Hall–Kier alpha value is -3.17. The first kappa shape index (κ1) is 21.5. The van der Waals surface area contributed by atoms with Crippen molar-refractivity contribution in [3.8, 4) is 11.4 Å². The van der Waals surface area contributed by atoms with E-state index in [2.05, 4.69) is 31.3 Å². The second-order valence-electron chi connectivity index (χ2n) is 5.88. The maximum absolute atomic E-state index is 12.2. The Morgan fingerprint density at radius 1 is 1.27 bits per heavy atom. The van der Waals surface area contributed by atoms with Crippen LogP contribution in [0.1, 0.15) is 5.56 Å². The molecule has 3 rings (SSSR count). The molecule has 0 fully saturated rings. The summed E-state index contributed by atoms with van der Waals surface area (Å²) in [7, 11) is 1.53. The third kappa shape index (κ3) is 5.68. The lowest BCUT2D eigenvalue weighted by Crippen LogP contribution is -2.21. The van der Waals surface area contributed by atoms with E-state index in [-0.39, 0.29) is 0 Å². The van der Waals surface area contributed by atoms with E-state index in [1.54, 1.807) is 36.4 Å². The minimum atomic E-state index is -0.672. The Kier molecular flexibility index (Phi) is 7.21. The molecule has 1 N–H and O–H groups in total. The van der Waals surface area contributed by atoms with E-state index in [0.29, 0.717) is 27.7 Å². The quantitative estimate of drug-likeness (QED) is 0.398. The van der Waals surface area contributed by atoms with Gasteiger partial charge in [0, 0.05) is 21.1 Å². The Morgan fingerprint density at radius 2 is 2.10 bits per heavy atom. The van der Waals surface area contributed by atoms with E-state index in [1.165, 1.54) is 30.5 Å². The Morgan fingerprint density at radius 3 is 2.83 bits per heavy atom. The molecule has 30 heavy (non-hydrogen) atoms. The summed E-state index contributed by atoms with van der Waals surface area (Å²) < 4.78 is 12.6. The zero-order chi connectivity index (χ0) is 21.5. The number of methoxy groups -OCH3 is 1. The summed E-state index contributed by atoms with van der Waals surface area (Å²) >= 11 is 9.38. The van der Waals surface area contributed by atoms with Crippen LogP contribution < -0.4 is 10.1 Å². The molecule has 0 aliphatic rings. The van der Waals surface area contributed by atoms with Crippen LogP contribution in [0.4, 0.5) is 5.69 Å². The molecule has 3 aromatic rings. The van der Waals surface area contributed by atoms with Crippen molar-refractivity contribution in [2.24, 2.45) is 0 Å².